The van der Waals surface area contributed by atoms with Gasteiger partial charge in [0.25, 0.3) is 0 Å². The van der Waals surface area contributed by atoms with Crippen molar-refractivity contribution in [2.45, 2.75) is 47.3 Å². The molecular weight excluding hydrogens is 397 g/mol. The van der Waals surface area contributed by atoms with Gasteiger partial charge in [-0.2, -0.15) is 0 Å². The number of aliphatic hydroxyl groups excluding tert-OH is 1. The van der Waals surface area contributed by atoms with Gasteiger partial charge in [-0.1, -0.05) is 0 Å². The quantitative estimate of drug-likeness (QED) is 0.662. The number of nitrogens with zero attached hydrogens (tertiary/aromatic N) is 2. The number of nitrogens with two attached hydrogens (primary N) is 1. The van der Waals surface area contributed by atoms with E-state index in [0.29, 0.717) is 0 Å². The fourth-order valence-corrected chi connectivity index (χ4v) is 10.9. The van der Waals surface area contributed by atoms with E-state index in [2.05, 4.69) is 18.8 Å². The molecule has 2 aliphatic rings. The van der Waals surface area contributed by atoms with Crippen LogP contribution in [0.25, 0.3) is 0 Å². The average Bonchev–Trinajstić information content (AvgIpc) is 3.03. The molecule has 1 aromatic rings. The third-order valence-corrected chi connectivity index (χ3v) is 14.5. The zero-order valence-corrected chi connectivity index (χ0v) is 15.5. The summed E-state index contributed by atoms with van der Waals surface area (Å²) in [5.74, 6) is 0.161. The molecule has 2 saturated heterocycles. The molecule has 2 aliphatic heterocycles. The molecule has 22 heavy (non-hydrogen) atoms. The minimum atomic E-state index is -3.10. The molecule has 3 N–H and O–H groups in total. The summed E-state index contributed by atoms with van der Waals surface area (Å²) in [6, 6.07) is 1.54. The molecule has 0 spiro atoms. The third-order valence-electron chi connectivity index (χ3n) is 4.37. The van der Waals surface area contributed by atoms with Crippen LogP contribution in [-0.4, -0.2) is 58.8 Å². The number of rotatable bonds is 4. The van der Waals surface area contributed by atoms with Crippen LogP contribution in [0.3, 0.4) is 0 Å². The molecule has 2 fully saturated rings. The van der Waals surface area contributed by atoms with E-state index in [-0.39, 0.29) is 24.6 Å². The Kier molecular flexibility index (Phi) is 4.47. The fraction of sp³-hybridized carbons (Fsp3) is 0.692. The summed E-state index contributed by atoms with van der Waals surface area (Å²) in [5, 5.41) is 9.55. The molecule has 0 radical (unpaired) electrons. The predicted octanol–water partition coefficient (Wildman–Crippen LogP) is -0.0188. The molecule has 3 heterocycles. The Hall–Kier alpha value is -0.681. The topological polar surface area (TPSA) is 109 Å². The Labute approximate surface area is 133 Å². The first-order chi connectivity index (χ1) is 10.5. The van der Waals surface area contributed by atoms with Gasteiger partial charge in [0.1, 0.15) is 0 Å². The normalized spacial score (nSPS) is 33.0. The number of nitrogen functional groups attached to an aromatic ring is 1. The molecular formula is C13H21N3O5Sn. The Morgan fingerprint density at radius 3 is 2.64 bits per heavy atom. The standard InChI is InChI=1S/C9H11N3O5.2C2H5.Sn/c10-5-1-2-12(9(16)11-5)8-7(15)6(14)4(3-13)17-8;2*1-2;/h1-2,4,6-8,13H,3H2,(H2,10,11,16);2*1H2,2H3;/q-2;;;+2/t4-,6+,7-,8-;;;/m0.../s1. The molecule has 0 amide bonds. The van der Waals surface area contributed by atoms with E-state index < -0.39 is 37.2 Å². The van der Waals surface area contributed by atoms with Gasteiger partial charge in [-0.25, -0.2) is 0 Å². The molecule has 4 atom stereocenters. The van der Waals surface area contributed by atoms with Crippen molar-refractivity contribution in [3.8, 4) is 0 Å². The number of ether oxygens (including phenoxy) is 1. The van der Waals surface area contributed by atoms with Crippen molar-refractivity contribution >= 4 is 25.0 Å². The van der Waals surface area contributed by atoms with Gasteiger partial charge in [-0.3, -0.25) is 0 Å². The van der Waals surface area contributed by atoms with Crippen LogP contribution in [0.15, 0.2) is 17.1 Å². The SMILES string of the molecule is C[CH2][Sn]1([CH2]C)[O][C@H]2[C@H]([O]1)[C@@H](n1ccc(N)nc1=O)O[C@H]2CO. The molecule has 0 aliphatic carbocycles. The van der Waals surface area contributed by atoms with Crippen molar-refractivity contribution in [3.63, 3.8) is 0 Å². The first-order valence-corrected chi connectivity index (χ1v) is 13.9. The van der Waals surface area contributed by atoms with E-state index in [1.165, 1.54) is 10.6 Å². The van der Waals surface area contributed by atoms with Gasteiger partial charge in [0.15, 0.2) is 0 Å². The van der Waals surface area contributed by atoms with Crippen molar-refractivity contribution in [1.82, 2.24) is 9.55 Å². The molecule has 8 nitrogen and oxygen atoms in total. The van der Waals surface area contributed by atoms with Crippen LogP contribution >= 0.6 is 0 Å². The molecule has 1 aromatic heterocycles. The number of aliphatic hydroxyl groups is 1. The minimum absolute atomic E-state index is 0.161. The van der Waals surface area contributed by atoms with Crippen molar-refractivity contribution in [1.29, 1.82) is 0 Å². The summed E-state index contributed by atoms with van der Waals surface area (Å²) in [6.45, 7) is 3.97. The van der Waals surface area contributed by atoms with E-state index in [4.69, 9.17) is 16.6 Å². The maximum atomic E-state index is 12.1. The van der Waals surface area contributed by atoms with E-state index >= 15 is 0 Å². The number of fused-ring (bicyclic) bond motifs is 1. The summed E-state index contributed by atoms with van der Waals surface area (Å²) in [4.78, 5) is 15.8. The van der Waals surface area contributed by atoms with E-state index in [9.17, 15) is 9.90 Å². The van der Waals surface area contributed by atoms with Crippen molar-refractivity contribution in [2.75, 3.05) is 12.3 Å². The average molecular weight is 418 g/mol. The summed E-state index contributed by atoms with van der Waals surface area (Å²) in [5.41, 5.74) is 5.03. The van der Waals surface area contributed by atoms with Crippen molar-refractivity contribution in [2.24, 2.45) is 0 Å². The second kappa shape index (κ2) is 6.08. The van der Waals surface area contributed by atoms with E-state index in [1.54, 1.807) is 6.20 Å². The van der Waals surface area contributed by atoms with Gasteiger partial charge >= 0.3 is 133 Å². The Bertz CT molecular complexity index is 606. The first kappa shape index (κ1) is 16.2. The van der Waals surface area contributed by atoms with E-state index in [1.807, 2.05) is 0 Å². The van der Waals surface area contributed by atoms with Crippen molar-refractivity contribution in [3.05, 3.63) is 22.7 Å². The van der Waals surface area contributed by atoms with Gasteiger partial charge in [0.2, 0.25) is 0 Å². The molecule has 122 valence electrons. The van der Waals surface area contributed by atoms with Crippen LogP contribution in [-0.2, 0) is 10.9 Å². The Morgan fingerprint density at radius 2 is 2.05 bits per heavy atom. The monoisotopic (exact) mass is 419 g/mol. The van der Waals surface area contributed by atoms with Crippen LogP contribution in [0.5, 0.6) is 0 Å². The number of hydrogen-bond acceptors (Lipinski definition) is 7. The van der Waals surface area contributed by atoms with Gasteiger partial charge in [0, 0.05) is 0 Å². The van der Waals surface area contributed by atoms with Gasteiger partial charge in [-0.15, -0.1) is 0 Å². The zero-order valence-electron chi connectivity index (χ0n) is 12.6. The first-order valence-electron chi connectivity index (χ1n) is 7.50. The number of anilines is 1. The molecule has 9 heteroatoms. The summed E-state index contributed by atoms with van der Waals surface area (Å²) < 4.78 is 21.4. The molecule has 0 bridgehead atoms. The fourth-order valence-electron chi connectivity index (χ4n) is 3.07. The molecule has 0 saturated carbocycles. The van der Waals surface area contributed by atoms with Gasteiger partial charge in [0.05, 0.1) is 0 Å². The van der Waals surface area contributed by atoms with Crippen molar-refractivity contribution < 1.29 is 16.0 Å². The Balaban J connectivity index is 1.95. The zero-order chi connectivity index (χ0) is 15.9. The van der Waals surface area contributed by atoms with Crippen LogP contribution in [0.4, 0.5) is 5.82 Å². The Morgan fingerprint density at radius 1 is 1.36 bits per heavy atom. The third kappa shape index (κ3) is 2.56. The number of aromatic nitrogens is 2. The number of hydrogen-bond donors (Lipinski definition) is 2. The second-order valence-corrected chi connectivity index (χ2v) is 16.2. The summed E-state index contributed by atoms with van der Waals surface area (Å²) >= 11 is -3.10. The molecule has 3 rings (SSSR count). The maximum absolute atomic E-state index is 12.1. The van der Waals surface area contributed by atoms with E-state index in [0.717, 1.165) is 8.87 Å². The van der Waals surface area contributed by atoms with Crippen LogP contribution < -0.4 is 11.4 Å². The molecule has 0 unspecified atom stereocenters. The van der Waals surface area contributed by atoms with Crippen LogP contribution in [0.2, 0.25) is 8.87 Å². The second-order valence-electron chi connectivity index (χ2n) is 5.57. The molecule has 0 aromatic carbocycles. The summed E-state index contributed by atoms with van der Waals surface area (Å²) in [6.07, 6.45) is -0.287. The van der Waals surface area contributed by atoms with Gasteiger partial charge < -0.3 is 0 Å². The summed E-state index contributed by atoms with van der Waals surface area (Å²) in [7, 11) is 0. The van der Waals surface area contributed by atoms with Crippen LogP contribution in [0, 0.1) is 0 Å². The van der Waals surface area contributed by atoms with Gasteiger partial charge in [-0.05, 0) is 0 Å². The van der Waals surface area contributed by atoms with Crippen LogP contribution in [0.1, 0.15) is 20.1 Å². The predicted molar refractivity (Wildman–Crippen MR) is 80.4 cm³/mol.